The molecule has 3 fully saturated rings. The first-order chi connectivity index (χ1) is 12.2. The van der Waals surface area contributed by atoms with Gasteiger partial charge in [0.05, 0.1) is 0 Å². The molecule has 0 bridgehead atoms. The Labute approximate surface area is 159 Å². The van der Waals surface area contributed by atoms with Crippen molar-refractivity contribution in [1.82, 2.24) is 0 Å². The lowest BCUT2D eigenvalue weighted by atomic mass is 9.75. The van der Waals surface area contributed by atoms with Crippen molar-refractivity contribution in [3.8, 4) is 0 Å². The van der Waals surface area contributed by atoms with E-state index in [4.69, 9.17) is 5.73 Å². The summed E-state index contributed by atoms with van der Waals surface area (Å²) in [5.74, 6) is 3.07. The summed E-state index contributed by atoms with van der Waals surface area (Å²) in [7, 11) is 1.50. The van der Waals surface area contributed by atoms with E-state index in [0.29, 0.717) is 6.04 Å². The van der Waals surface area contributed by atoms with E-state index < -0.39 is 0 Å². The Morgan fingerprint density at radius 2 is 0.920 bits per heavy atom. The topological polar surface area (TPSA) is 52.0 Å². The molecule has 0 saturated heterocycles. The quantitative estimate of drug-likeness (QED) is 0.582. The van der Waals surface area contributed by atoms with Crippen LogP contribution in [0.4, 0.5) is 0 Å². The van der Waals surface area contributed by atoms with Crippen LogP contribution in [0.5, 0.6) is 0 Å². The van der Waals surface area contributed by atoms with Gasteiger partial charge in [-0.1, -0.05) is 85.0 Å². The first-order valence-corrected chi connectivity index (χ1v) is 11.6. The van der Waals surface area contributed by atoms with Gasteiger partial charge >= 0.3 is 0 Å². The third kappa shape index (κ3) is 12.8. The molecular formula is C23H50N2. The molecule has 0 aromatic carbocycles. The average Bonchev–Trinajstić information content (AvgIpc) is 2.70. The monoisotopic (exact) mass is 354 g/mol. The molecule has 3 saturated carbocycles. The van der Waals surface area contributed by atoms with E-state index in [1.54, 1.807) is 0 Å². The second-order valence-corrected chi connectivity index (χ2v) is 8.26. The van der Waals surface area contributed by atoms with Crippen LogP contribution in [-0.2, 0) is 0 Å². The maximum atomic E-state index is 5.95. The Kier molecular flexibility index (Phi) is 17.3. The number of hydrogen-bond donors (Lipinski definition) is 2. The van der Waals surface area contributed by atoms with Crippen molar-refractivity contribution in [3.05, 3.63) is 0 Å². The van der Waals surface area contributed by atoms with Gasteiger partial charge in [0.2, 0.25) is 0 Å². The summed E-state index contributed by atoms with van der Waals surface area (Å²) in [4.78, 5) is 0. The molecule has 0 spiro atoms. The highest BCUT2D eigenvalue weighted by Crippen LogP contribution is 2.36. The van der Waals surface area contributed by atoms with Gasteiger partial charge in [-0.05, 0) is 56.9 Å². The van der Waals surface area contributed by atoms with Crippen LogP contribution in [0.25, 0.3) is 0 Å². The fourth-order valence-electron chi connectivity index (χ4n) is 4.52. The van der Waals surface area contributed by atoms with Crippen LogP contribution in [-0.4, -0.2) is 13.1 Å². The molecule has 3 rings (SSSR count). The van der Waals surface area contributed by atoms with E-state index in [1.807, 2.05) is 13.8 Å². The molecule has 0 aromatic heterocycles. The summed E-state index contributed by atoms with van der Waals surface area (Å²) in [6.07, 6.45) is 21.9. The third-order valence-corrected chi connectivity index (χ3v) is 6.19. The van der Waals surface area contributed by atoms with E-state index >= 15 is 0 Å². The van der Waals surface area contributed by atoms with Crippen molar-refractivity contribution in [2.24, 2.45) is 29.2 Å². The minimum Gasteiger partial charge on any atom is -0.333 e. The molecule has 0 aromatic rings. The normalized spacial score (nSPS) is 31.9. The SMILES string of the molecule is C1CCCCC1.CC.CC1CCC(CC2CCC(N)CC2)CC1.CN. The van der Waals surface area contributed by atoms with Crippen LogP contribution in [0.1, 0.15) is 117 Å². The number of hydrogen-bond acceptors (Lipinski definition) is 2. The van der Waals surface area contributed by atoms with E-state index in [9.17, 15) is 0 Å². The second kappa shape index (κ2) is 17.3. The molecule has 152 valence electrons. The molecule has 2 heteroatoms. The Hall–Kier alpha value is -0.0800. The summed E-state index contributed by atoms with van der Waals surface area (Å²) in [5, 5.41) is 0. The fourth-order valence-corrected chi connectivity index (χ4v) is 4.52. The molecule has 25 heavy (non-hydrogen) atoms. The molecule has 2 nitrogen and oxygen atoms in total. The van der Waals surface area contributed by atoms with Crippen LogP contribution in [0.3, 0.4) is 0 Å². The molecule has 0 amide bonds. The highest BCUT2D eigenvalue weighted by molar-refractivity contribution is 4.78. The average molecular weight is 355 g/mol. The van der Waals surface area contributed by atoms with E-state index in [0.717, 1.165) is 17.8 Å². The van der Waals surface area contributed by atoms with Gasteiger partial charge in [0.15, 0.2) is 0 Å². The van der Waals surface area contributed by atoms with Gasteiger partial charge in [-0.25, -0.2) is 0 Å². The van der Waals surface area contributed by atoms with Gasteiger partial charge in [-0.15, -0.1) is 0 Å². The Morgan fingerprint density at radius 3 is 1.28 bits per heavy atom. The van der Waals surface area contributed by atoms with Gasteiger partial charge in [0.25, 0.3) is 0 Å². The van der Waals surface area contributed by atoms with E-state index in [1.165, 1.54) is 103 Å². The van der Waals surface area contributed by atoms with Crippen LogP contribution in [0.15, 0.2) is 0 Å². The minimum absolute atomic E-state index is 0.521. The van der Waals surface area contributed by atoms with E-state index in [-0.39, 0.29) is 0 Å². The lowest BCUT2D eigenvalue weighted by Gasteiger charge is -2.32. The van der Waals surface area contributed by atoms with Crippen LogP contribution in [0, 0.1) is 17.8 Å². The molecule has 0 radical (unpaired) electrons. The lowest BCUT2D eigenvalue weighted by molar-refractivity contribution is 0.212. The zero-order chi connectivity index (χ0) is 18.9. The zero-order valence-corrected chi connectivity index (χ0v) is 18.1. The molecule has 0 aliphatic heterocycles. The van der Waals surface area contributed by atoms with Gasteiger partial charge < -0.3 is 11.5 Å². The summed E-state index contributed by atoms with van der Waals surface area (Å²) in [6, 6.07) is 0.521. The third-order valence-electron chi connectivity index (χ3n) is 6.19. The van der Waals surface area contributed by atoms with Gasteiger partial charge in [0.1, 0.15) is 0 Å². The van der Waals surface area contributed by atoms with Gasteiger partial charge in [-0.3, -0.25) is 0 Å². The van der Waals surface area contributed by atoms with Crippen molar-refractivity contribution < 1.29 is 0 Å². The first-order valence-electron chi connectivity index (χ1n) is 11.6. The minimum atomic E-state index is 0.521. The highest BCUT2D eigenvalue weighted by atomic mass is 14.6. The first kappa shape index (κ1) is 24.9. The molecule has 3 aliphatic carbocycles. The van der Waals surface area contributed by atoms with Crippen LogP contribution < -0.4 is 11.5 Å². The maximum Gasteiger partial charge on any atom is 0.00390 e. The highest BCUT2D eigenvalue weighted by Gasteiger charge is 2.24. The molecule has 0 atom stereocenters. The molecule has 0 heterocycles. The largest absolute Gasteiger partial charge is 0.333 e. The lowest BCUT2D eigenvalue weighted by Crippen LogP contribution is -2.27. The van der Waals surface area contributed by atoms with Crippen molar-refractivity contribution in [3.63, 3.8) is 0 Å². The summed E-state index contributed by atoms with van der Waals surface area (Å²) >= 11 is 0. The zero-order valence-electron chi connectivity index (χ0n) is 18.1. The summed E-state index contributed by atoms with van der Waals surface area (Å²) < 4.78 is 0. The van der Waals surface area contributed by atoms with E-state index in [2.05, 4.69) is 12.7 Å². The summed E-state index contributed by atoms with van der Waals surface area (Å²) in [5.41, 5.74) is 10.4. The van der Waals surface area contributed by atoms with Crippen molar-refractivity contribution in [2.45, 2.75) is 123 Å². The van der Waals surface area contributed by atoms with Crippen molar-refractivity contribution in [2.75, 3.05) is 7.05 Å². The Balaban J connectivity index is 0.000000481. The standard InChI is InChI=1S/C14H27N.C6H12.C2H6.CH5N/c1-11-2-4-12(5-3-11)10-13-6-8-14(15)9-7-13;1-2-4-6-5-3-1;2*1-2/h11-14H,2-10,15H2,1H3;1-6H2;1-2H3;2H2,1H3. The summed E-state index contributed by atoms with van der Waals surface area (Å²) in [6.45, 7) is 6.41. The molecule has 3 aliphatic rings. The number of rotatable bonds is 2. The fraction of sp³-hybridized carbons (Fsp3) is 1.00. The number of nitrogens with two attached hydrogens (primary N) is 2. The van der Waals surface area contributed by atoms with Crippen molar-refractivity contribution in [1.29, 1.82) is 0 Å². The van der Waals surface area contributed by atoms with Crippen LogP contribution in [0.2, 0.25) is 0 Å². The van der Waals surface area contributed by atoms with Crippen LogP contribution >= 0.6 is 0 Å². The second-order valence-electron chi connectivity index (χ2n) is 8.26. The van der Waals surface area contributed by atoms with Gasteiger partial charge in [-0.2, -0.15) is 0 Å². The van der Waals surface area contributed by atoms with Gasteiger partial charge in [0, 0.05) is 6.04 Å². The molecule has 0 unspecified atom stereocenters. The molecular weight excluding hydrogens is 304 g/mol. The predicted octanol–water partition coefficient (Wildman–Crippen LogP) is 6.66. The Morgan fingerprint density at radius 1 is 0.600 bits per heavy atom. The predicted molar refractivity (Wildman–Crippen MR) is 115 cm³/mol. The molecule has 4 N–H and O–H groups in total. The maximum absolute atomic E-state index is 5.95. The Bertz CT molecular complexity index is 215. The van der Waals surface area contributed by atoms with Crippen molar-refractivity contribution >= 4 is 0 Å². The smallest absolute Gasteiger partial charge is 0.00390 e.